The maximum atomic E-state index is 11.1. The van der Waals surface area contributed by atoms with Gasteiger partial charge in [0.1, 0.15) is 6.29 Å². The zero-order chi connectivity index (χ0) is 21.4. The monoisotopic (exact) mass is 400 g/mol. The number of aliphatic hydroxyl groups excluding tert-OH is 1. The Morgan fingerprint density at radius 2 is 1.36 bits per heavy atom. The lowest BCUT2D eigenvalue weighted by atomic mass is 10.3. The fourth-order valence-corrected chi connectivity index (χ4v) is 3.14. The molecule has 1 rings (SSSR count). The zero-order valence-electron chi connectivity index (χ0n) is 17.9. The lowest BCUT2D eigenvalue weighted by Crippen LogP contribution is -2.48. The molecule has 0 aromatic heterocycles. The maximum Gasteiger partial charge on any atom is 0.317 e. The summed E-state index contributed by atoms with van der Waals surface area (Å²) in [4.78, 5) is 30.5. The van der Waals surface area contributed by atoms with Crippen molar-refractivity contribution in [2.45, 2.75) is 26.9 Å². The standard InChI is InChI=1S/C18H34N4O4.C2H6/c1-3-4-19-5-6-20(13-14-23)8-10-22(16-18(25)26)12-11-21(9-7-19)15-17(2)24;1-2/h3,14,17,24H,1,4-13,15-16H2,2H3,(H,25,26);1-2H3. The second-order valence-corrected chi connectivity index (χ2v) is 6.88. The van der Waals surface area contributed by atoms with E-state index in [1.165, 1.54) is 0 Å². The predicted octanol–water partition coefficient (Wildman–Crippen LogP) is 0.0845. The lowest BCUT2D eigenvalue weighted by molar-refractivity contribution is -0.138. The van der Waals surface area contributed by atoms with Crippen molar-refractivity contribution in [3.8, 4) is 0 Å². The topological polar surface area (TPSA) is 87.6 Å². The summed E-state index contributed by atoms with van der Waals surface area (Å²) in [5.41, 5.74) is 0. The molecule has 0 radical (unpaired) electrons. The van der Waals surface area contributed by atoms with Gasteiger partial charge in [-0.2, -0.15) is 0 Å². The minimum Gasteiger partial charge on any atom is -0.480 e. The van der Waals surface area contributed by atoms with Gasteiger partial charge in [-0.3, -0.25) is 24.4 Å². The molecule has 0 aromatic rings. The minimum atomic E-state index is -0.849. The van der Waals surface area contributed by atoms with Gasteiger partial charge in [-0.1, -0.05) is 19.9 Å². The first kappa shape index (κ1) is 26.7. The summed E-state index contributed by atoms with van der Waals surface area (Å²) in [5.74, 6) is -0.849. The molecule has 8 nitrogen and oxygen atoms in total. The molecule has 1 saturated heterocycles. The SMILES string of the molecule is C=CCN1CCN(CC=O)CCN(CC(=O)O)CCN(CC(C)O)CC1.CC. The molecule has 1 unspecified atom stereocenters. The Kier molecular flexibility index (Phi) is 15.8. The Morgan fingerprint density at radius 1 is 0.929 bits per heavy atom. The number of carboxylic acid groups (broad SMARTS) is 1. The molecule has 0 bridgehead atoms. The number of nitrogens with zero attached hydrogens (tertiary/aromatic N) is 4. The van der Waals surface area contributed by atoms with Crippen LogP contribution in [-0.2, 0) is 9.59 Å². The van der Waals surface area contributed by atoms with E-state index in [0.717, 1.165) is 39.0 Å². The summed E-state index contributed by atoms with van der Waals surface area (Å²) in [5, 5.41) is 18.9. The molecule has 28 heavy (non-hydrogen) atoms. The van der Waals surface area contributed by atoms with Gasteiger partial charge >= 0.3 is 5.97 Å². The van der Waals surface area contributed by atoms with E-state index in [1.54, 1.807) is 6.92 Å². The van der Waals surface area contributed by atoms with Gasteiger partial charge in [-0.15, -0.1) is 6.58 Å². The molecule has 1 fully saturated rings. The molecule has 1 aliphatic heterocycles. The van der Waals surface area contributed by atoms with Crippen molar-refractivity contribution in [1.29, 1.82) is 0 Å². The van der Waals surface area contributed by atoms with Gasteiger partial charge in [0.15, 0.2) is 0 Å². The quantitative estimate of drug-likeness (QED) is 0.438. The van der Waals surface area contributed by atoms with Crippen LogP contribution in [-0.4, -0.2) is 127 Å². The van der Waals surface area contributed by atoms with Gasteiger partial charge < -0.3 is 15.0 Å². The number of aliphatic hydroxyl groups is 1. The van der Waals surface area contributed by atoms with Crippen LogP contribution in [0.2, 0.25) is 0 Å². The van der Waals surface area contributed by atoms with E-state index in [1.807, 2.05) is 24.8 Å². The highest BCUT2D eigenvalue weighted by atomic mass is 16.4. The second kappa shape index (κ2) is 16.6. The van der Waals surface area contributed by atoms with Crippen molar-refractivity contribution in [2.75, 3.05) is 78.5 Å². The number of carbonyl (C=O) groups excluding carboxylic acids is 1. The lowest BCUT2D eigenvalue weighted by Gasteiger charge is -2.33. The molecule has 0 aliphatic carbocycles. The first-order valence-electron chi connectivity index (χ1n) is 10.3. The van der Waals surface area contributed by atoms with E-state index in [2.05, 4.69) is 21.3 Å². The molecule has 0 aromatic carbocycles. The molecule has 2 N–H and O–H groups in total. The van der Waals surface area contributed by atoms with Gasteiger partial charge in [0, 0.05) is 65.4 Å². The van der Waals surface area contributed by atoms with Crippen LogP contribution >= 0.6 is 0 Å². The van der Waals surface area contributed by atoms with Gasteiger partial charge in [-0.05, 0) is 6.92 Å². The molecule has 1 aliphatic rings. The number of aliphatic carboxylic acids is 1. The van der Waals surface area contributed by atoms with Crippen LogP contribution < -0.4 is 0 Å². The number of hydrogen-bond acceptors (Lipinski definition) is 7. The summed E-state index contributed by atoms with van der Waals surface area (Å²) in [7, 11) is 0. The average molecular weight is 401 g/mol. The predicted molar refractivity (Wildman–Crippen MR) is 113 cm³/mol. The van der Waals surface area contributed by atoms with Gasteiger partial charge in [0.05, 0.1) is 19.2 Å². The summed E-state index contributed by atoms with van der Waals surface area (Å²) in [6.45, 7) is 17.1. The van der Waals surface area contributed by atoms with E-state index in [-0.39, 0.29) is 6.54 Å². The van der Waals surface area contributed by atoms with Crippen LogP contribution in [0.4, 0.5) is 0 Å². The van der Waals surface area contributed by atoms with Crippen LogP contribution in [0, 0.1) is 0 Å². The van der Waals surface area contributed by atoms with E-state index in [0.29, 0.717) is 39.3 Å². The first-order chi connectivity index (χ1) is 13.4. The Labute approximate surface area is 170 Å². The van der Waals surface area contributed by atoms with Crippen molar-refractivity contribution in [3.63, 3.8) is 0 Å². The summed E-state index contributed by atoms with van der Waals surface area (Å²) in [6, 6.07) is 0. The second-order valence-electron chi connectivity index (χ2n) is 6.88. The van der Waals surface area contributed by atoms with Crippen LogP contribution in [0.5, 0.6) is 0 Å². The highest BCUT2D eigenvalue weighted by molar-refractivity contribution is 5.69. The third-order valence-corrected chi connectivity index (χ3v) is 4.53. The summed E-state index contributed by atoms with van der Waals surface area (Å²) in [6.07, 6.45) is 2.35. The number of carbonyl (C=O) groups is 2. The summed E-state index contributed by atoms with van der Waals surface area (Å²) >= 11 is 0. The molecular formula is C20H40N4O4. The van der Waals surface area contributed by atoms with Crippen molar-refractivity contribution in [1.82, 2.24) is 19.6 Å². The Balaban J connectivity index is 0.00000352. The van der Waals surface area contributed by atoms with Gasteiger partial charge in [0.25, 0.3) is 0 Å². The first-order valence-corrected chi connectivity index (χ1v) is 10.3. The minimum absolute atomic E-state index is 0.0139. The highest BCUT2D eigenvalue weighted by Crippen LogP contribution is 2.01. The maximum absolute atomic E-state index is 11.1. The number of hydrogen-bond donors (Lipinski definition) is 2. The molecule has 1 heterocycles. The van der Waals surface area contributed by atoms with Gasteiger partial charge in [0.2, 0.25) is 0 Å². The molecule has 164 valence electrons. The van der Waals surface area contributed by atoms with Gasteiger partial charge in [-0.25, -0.2) is 0 Å². The molecule has 1 atom stereocenters. The third-order valence-electron chi connectivity index (χ3n) is 4.53. The normalized spacial score (nSPS) is 20.1. The van der Waals surface area contributed by atoms with E-state index >= 15 is 0 Å². The van der Waals surface area contributed by atoms with Crippen LogP contribution in [0.1, 0.15) is 20.8 Å². The number of aldehydes is 1. The number of rotatable bonds is 8. The zero-order valence-corrected chi connectivity index (χ0v) is 17.9. The Bertz CT molecular complexity index is 434. The van der Waals surface area contributed by atoms with E-state index < -0.39 is 12.1 Å². The number of β-amino-alcohol motifs (C(OH)–C–C–N with tert-alkyl or cyclic N) is 1. The highest BCUT2D eigenvalue weighted by Gasteiger charge is 2.18. The Morgan fingerprint density at radius 3 is 1.75 bits per heavy atom. The molecule has 0 spiro atoms. The van der Waals surface area contributed by atoms with E-state index in [9.17, 15) is 14.7 Å². The fraction of sp³-hybridized carbons (Fsp3) is 0.800. The third kappa shape index (κ3) is 13.0. The van der Waals surface area contributed by atoms with Crippen LogP contribution in [0.15, 0.2) is 12.7 Å². The smallest absolute Gasteiger partial charge is 0.317 e. The molecule has 8 heteroatoms. The Hall–Kier alpha value is -1.32. The molecule has 0 amide bonds. The van der Waals surface area contributed by atoms with Crippen molar-refractivity contribution < 1.29 is 19.8 Å². The average Bonchev–Trinajstić information content (AvgIpc) is 2.64. The largest absolute Gasteiger partial charge is 0.480 e. The van der Waals surface area contributed by atoms with Crippen molar-refractivity contribution >= 4 is 12.3 Å². The van der Waals surface area contributed by atoms with E-state index in [4.69, 9.17) is 5.11 Å². The van der Waals surface area contributed by atoms with Crippen LogP contribution in [0.3, 0.4) is 0 Å². The molecule has 0 saturated carbocycles. The van der Waals surface area contributed by atoms with Crippen LogP contribution in [0.25, 0.3) is 0 Å². The number of carboxylic acids is 1. The van der Waals surface area contributed by atoms with Crippen molar-refractivity contribution in [3.05, 3.63) is 12.7 Å². The molecular weight excluding hydrogens is 360 g/mol. The summed E-state index contributed by atoms with van der Waals surface area (Å²) < 4.78 is 0. The fourth-order valence-electron chi connectivity index (χ4n) is 3.14. The van der Waals surface area contributed by atoms with Crippen molar-refractivity contribution in [2.24, 2.45) is 0 Å².